The molecule has 1 aromatic heterocycles. The van der Waals surface area contributed by atoms with Crippen molar-refractivity contribution in [1.82, 2.24) is 9.97 Å². The summed E-state index contributed by atoms with van der Waals surface area (Å²) in [6, 6.07) is 0. The number of anilines is 1. The highest BCUT2D eigenvalue weighted by Gasteiger charge is 2.44. The predicted octanol–water partition coefficient (Wildman–Crippen LogP) is 2.59. The fourth-order valence-corrected chi connectivity index (χ4v) is 1.75. The van der Waals surface area contributed by atoms with E-state index in [0.29, 0.717) is 17.5 Å². The number of hydrogen-bond acceptors (Lipinski definition) is 3. The van der Waals surface area contributed by atoms with Gasteiger partial charge in [0.1, 0.15) is 11.0 Å². The number of hydrogen-bond donors (Lipinski definition) is 1. The van der Waals surface area contributed by atoms with E-state index in [1.807, 2.05) is 0 Å². The normalized spacial score (nSPS) is 19.7. The van der Waals surface area contributed by atoms with E-state index in [2.05, 4.69) is 15.3 Å². The summed E-state index contributed by atoms with van der Waals surface area (Å²) < 4.78 is 25.0. The van der Waals surface area contributed by atoms with Gasteiger partial charge < -0.3 is 5.32 Å². The van der Waals surface area contributed by atoms with Crippen LogP contribution >= 0.6 is 11.6 Å². The number of rotatable bonds is 3. The highest BCUT2D eigenvalue weighted by atomic mass is 35.5. The van der Waals surface area contributed by atoms with Crippen LogP contribution in [0.5, 0.6) is 0 Å². The highest BCUT2D eigenvalue weighted by molar-refractivity contribution is 6.29. The van der Waals surface area contributed by atoms with Gasteiger partial charge in [0, 0.05) is 19.4 Å². The molecular formula is C9H10ClF2N3. The number of alkyl halides is 2. The second-order valence-corrected chi connectivity index (χ2v) is 4.13. The van der Waals surface area contributed by atoms with Crippen molar-refractivity contribution in [1.29, 1.82) is 0 Å². The van der Waals surface area contributed by atoms with Gasteiger partial charge in [0.25, 0.3) is 0 Å². The summed E-state index contributed by atoms with van der Waals surface area (Å²) in [7, 11) is 0. The summed E-state index contributed by atoms with van der Waals surface area (Å²) in [5.74, 6) is -1.93. The average Bonchev–Trinajstić information content (AvgIpc) is 2.11. The first kappa shape index (κ1) is 10.5. The molecule has 1 fully saturated rings. The van der Waals surface area contributed by atoms with Crippen LogP contribution in [0.2, 0.25) is 5.15 Å². The van der Waals surface area contributed by atoms with Crippen molar-refractivity contribution in [2.45, 2.75) is 18.8 Å². The van der Waals surface area contributed by atoms with Crippen molar-refractivity contribution >= 4 is 17.4 Å². The minimum Gasteiger partial charge on any atom is -0.368 e. The van der Waals surface area contributed by atoms with Crippen LogP contribution < -0.4 is 5.32 Å². The Balaban J connectivity index is 1.80. The molecule has 1 N–H and O–H groups in total. The minimum absolute atomic E-state index is 0.0146. The first-order chi connectivity index (χ1) is 7.05. The lowest BCUT2D eigenvalue weighted by Crippen LogP contribution is -2.39. The molecule has 1 heterocycles. The van der Waals surface area contributed by atoms with Crippen molar-refractivity contribution in [2.24, 2.45) is 5.92 Å². The molecule has 1 aliphatic rings. The number of nitrogens with one attached hydrogen (secondary N) is 1. The van der Waals surface area contributed by atoms with Gasteiger partial charge in [0.2, 0.25) is 5.92 Å². The lowest BCUT2D eigenvalue weighted by Gasteiger charge is -2.34. The summed E-state index contributed by atoms with van der Waals surface area (Å²) in [6.07, 6.45) is 2.84. The maximum atomic E-state index is 12.5. The zero-order valence-electron chi connectivity index (χ0n) is 7.88. The molecule has 6 heteroatoms. The Morgan fingerprint density at radius 2 is 2.20 bits per heavy atom. The molecule has 0 aliphatic heterocycles. The monoisotopic (exact) mass is 233 g/mol. The second kappa shape index (κ2) is 3.89. The quantitative estimate of drug-likeness (QED) is 0.872. The molecule has 1 aliphatic carbocycles. The molecule has 0 spiro atoms. The van der Waals surface area contributed by atoms with Crippen molar-refractivity contribution in [3.8, 4) is 0 Å². The first-order valence-electron chi connectivity index (χ1n) is 4.64. The van der Waals surface area contributed by atoms with Crippen LogP contribution in [0.1, 0.15) is 12.8 Å². The molecule has 0 unspecified atom stereocenters. The topological polar surface area (TPSA) is 37.8 Å². The van der Waals surface area contributed by atoms with E-state index in [1.165, 1.54) is 12.4 Å². The molecule has 1 aromatic rings. The maximum absolute atomic E-state index is 12.5. The third-order valence-corrected chi connectivity index (χ3v) is 2.53. The molecule has 0 atom stereocenters. The zero-order valence-corrected chi connectivity index (χ0v) is 8.64. The van der Waals surface area contributed by atoms with E-state index < -0.39 is 5.92 Å². The molecule has 0 aromatic carbocycles. The van der Waals surface area contributed by atoms with Gasteiger partial charge in [0.15, 0.2) is 0 Å². The lowest BCUT2D eigenvalue weighted by atomic mass is 9.81. The van der Waals surface area contributed by atoms with E-state index in [1.54, 1.807) is 0 Å². The molecule has 0 radical (unpaired) electrons. The van der Waals surface area contributed by atoms with Gasteiger partial charge in [-0.05, 0) is 5.92 Å². The highest BCUT2D eigenvalue weighted by Crippen LogP contribution is 2.42. The van der Waals surface area contributed by atoms with Crippen LogP contribution in [0, 0.1) is 5.92 Å². The van der Waals surface area contributed by atoms with Crippen molar-refractivity contribution in [2.75, 3.05) is 11.9 Å². The average molecular weight is 234 g/mol. The SMILES string of the molecule is FC1(F)CC(CNc2cncc(Cl)n2)C1. The zero-order chi connectivity index (χ0) is 10.9. The van der Waals surface area contributed by atoms with Gasteiger partial charge in [-0.15, -0.1) is 0 Å². The Hall–Kier alpha value is -0.970. The second-order valence-electron chi connectivity index (χ2n) is 3.74. The van der Waals surface area contributed by atoms with E-state index in [0.717, 1.165) is 0 Å². The smallest absolute Gasteiger partial charge is 0.248 e. The molecular weight excluding hydrogens is 224 g/mol. The Morgan fingerprint density at radius 3 is 2.80 bits per heavy atom. The van der Waals surface area contributed by atoms with Crippen LogP contribution in [0.3, 0.4) is 0 Å². The molecule has 0 amide bonds. The van der Waals surface area contributed by atoms with Gasteiger partial charge in [-0.2, -0.15) is 0 Å². The lowest BCUT2D eigenvalue weighted by molar-refractivity contribution is -0.106. The molecule has 0 saturated heterocycles. The van der Waals surface area contributed by atoms with Crippen LogP contribution in [-0.4, -0.2) is 22.4 Å². The molecule has 2 rings (SSSR count). The third kappa shape index (κ3) is 2.75. The number of aromatic nitrogens is 2. The van der Waals surface area contributed by atoms with E-state index in [-0.39, 0.29) is 18.8 Å². The van der Waals surface area contributed by atoms with Crippen molar-refractivity contribution in [3.05, 3.63) is 17.5 Å². The summed E-state index contributed by atoms with van der Waals surface area (Å²) in [4.78, 5) is 7.77. The Kier molecular flexibility index (Phi) is 2.73. The Bertz CT molecular complexity index is 351. The molecule has 3 nitrogen and oxygen atoms in total. The van der Waals surface area contributed by atoms with Gasteiger partial charge in [-0.1, -0.05) is 11.6 Å². The third-order valence-electron chi connectivity index (χ3n) is 2.35. The van der Waals surface area contributed by atoms with Crippen LogP contribution in [0.25, 0.3) is 0 Å². The van der Waals surface area contributed by atoms with Crippen molar-refractivity contribution in [3.63, 3.8) is 0 Å². The van der Waals surface area contributed by atoms with E-state index >= 15 is 0 Å². The largest absolute Gasteiger partial charge is 0.368 e. The standard InChI is InChI=1S/C9H10ClF2N3/c10-7-4-13-5-8(15-7)14-3-6-1-9(11,12)2-6/h4-6H,1-3H2,(H,14,15). The van der Waals surface area contributed by atoms with E-state index in [4.69, 9.17) is 11.6 Å². The van der Waals surface area contributed by atoms with Crippen LogP contribution in [0.4, 0.5) is 14.6 Å². The number of halogens is 3. The Morgan fingerprint density at radius 1 is 1.47 bits per heavy atom. The summed E-state index contributed by atoms with van der Waals surface area (Å²) in [5.41, 5.74) is 0. The summed E-state index contributed by atoms with van der Waals surface area (Å²) in [6.45, 7) is 0.491. The summed E-state index contributed by atoms with van der Waals surface area (Å²) >= 11 is 5.62. The summed E-state index contributed by atoms with van der Waals surface area (Å²) in [5, 5.41) is 3.22. The van der Waals surface area contributed by atoms with Gasteiger partial charge in [0.05, 0.1) is 12.4 Å². The van der Waals surface area contributed by atoms with Crippen LogP contribution in [0.15, 0.2) is 12.4 Å². The van der Waals surface area contributed by atoms with Crippen LogP contribution in [-0.2, 0) is 0 Å². The Labute approximate surface area is 90.9 Å². The predicted molar refractivity (Wildman–Crippen MR) is 53.2 cm³/mol. The van der Waals surface area contributed by atoms with Gasteiger partial charge >= 0.3 is 0 Å². The van der Waals surface area contributed by atoms with Crippen molar-refractivity contribution < 1.29 is 8.78 Å². The van der Waals surface area contributed by atoms with E-state index in [9.17, 15) is 8.78 Å². The first-order valence-corrected chi connectivity index (χ1v) is 5.02. The molecule has 82 valence electrons. The maximum Gasteiger partial charge on any atom is 0.248 e. The van der Waals surface area contributed by atoms with Gasteiger partial charge in [-0.3, -0.25) is 4.98 Å². The minimum atomic E-state index is -2.47. The fraction of sp³-hybridized carbons (Fsp3) is 0.556. The van der Waals surface area contributed by atoms with Gasteiger partial charge in [-0.25, -0.2) is 13.8 Å². The number of nitrogens with zero attached hydrogens (tertiary/aromatic N) is 2. The molecule has 1 saturated carbocycles. The fourth-order valence-electron chi connectivity index (χ4n) is 1.61. The molecule has 0 bridgehead atoms. The molecule has 15 heavy (non-hydrogen) atoms.